The number of aromatic nitrogens is 1. The standard InChI is InChI=1S/C19H25FN2O2/c1-5-17-13(2)18(19(23)21-9-10-24-4)22(14(17)3)12-15-7-6-8-16(20)11-15/h6-8,11H,5,9-10,12H2,1-4H3,(H,21,23). The van der Waals surface area contributed by atoms with E-state index in [-0.39, 0.29) is 11.7 Å². The number of amides is 1. The van der Waals surface area contributed by atoms with Gasteiger partial charge in [-0.15, -0.1) is 0 Å². The molecule has 130 valence electrons. The number of halogens is 1. The molecular weight excluding hydrogens is 307 g/mol. The minimum absolute atomic E-state index is 0.122. The quantitative estimate of drug-likeness (QED) is 0.791. The highest BCUT2D eigenvalue weighted by Gasteiger charge is 2.21. The Bertz CT molecular complexity index is 722. The molecule has 0 atom stereocenters. The topological polar surface area (TPSA) is 43.3 Å². The van der Waals surface area contributed by atoms with E-state index in [2.05, 4.69) is 12.2 Å². The Kier molecular flexibility index (Phi) is 6.15. The molecule has 0 spiro atoms. The zero-order valence-corrected chi connectivity index (χ0v) is 14.8. The van der Waals surface area contributed by atoms with Crippen molar-refractivity contribution < 1.29 is 13.9 Å². The van der Waals surface area contributed by atoms with Crippen LogP contribution in [-0.2, 0) is 17.7 Å². The third kappa shape index (κ3) is 3.85. The van der Waals surface area contributed by atoms with Gasteiger partial charge >= 0.3 is 0 Å². The fourth-order valence-corrected chi connectivity index (χ4v) is 3.13. The maximum atomic E-state index is 13.5. The second-order valence-corrected chi connectivity index (χ2v) is 5.86. The predicted molar refractivity (Wildman–Crippen MR) is 93.0 cm³/mol. The molecule has 1 amide bonds. The van der Waals surface area contributed by atoms with Gasteiger partial charge in [0.05, 0.1) is 6.61 Å². The van der Waals surface area contributed by atoms with E-state index in [1.165, 1.54) is 17.7 Å². The molecule has 0 aliphatic rings. The van der Waals surface area contributed by atoms with E-state index >= 15 is 0 Å². The highest BCUT2D eigenvalue weighted by molar-refractivity contribution is 5.95. The Morgan fingerprint density at radius 1 is 1.33 bits per heavy atom. The van der Waals surface area contributed by atoms with Crippen LogP contribution in [0, 0.1) is 19.7 Å². The van der Waals surface area contributed by atoms with Crippen LogP contribution >= 0.6 is 0 Å². The molecular formula is C19H25FN2O2. The molecule has 2 aromatic rings. The van der Waals surface area contributed by atoms with Crippen molar-refractivity contribution in [3.63, 3.8) is 0 Å². The Hall–Kier alpha value is -2.14. The number of ether oxygens (including phenoxy) is 1. The number of carbonyl (C=O) groups excluding carboxylic acids is 1. The van der Waals surface area contributed by atoms with Crippen LogP contribution in [-0.4, -0.2) is 30.7 Å². The molecule has 0 aliphatic carbocycles. The van der Waals surface area contributed by atoms with Crippen LogP contribution in [0.4, 0.5) is 4.39 Å². The van der Waals surface area contributed by atoms with Crippen molar-refractivity contribution in [2.24, 2.45) is 0 Å². The lowest BCUT2D eigenvalue weighted by Gasteiger charge is -2.13. The van der Waals surface area contributed by atoms with E-state index < -0.39 is 0 Å². The molecule has 0 radical (unpaired) electrons. The van der Waals surface area contributed by atoms with Gasteiger partial charge in [-0.1, -0.05) is 19.1 Å². The number of methoxy groups -OCH3 is 1. The number of hydrogen-bond acceptors (Lipinski definition) is 2. The molecule has 24 heavy (non-hydrogen) atoms. The van der Waals surface area contributed by atoms with Gasteiger partial charge < -0.3 is 14.6 Å². The van der Waals surface area contributed by atoms with E-state index in [1.807, 2.05) is 24.5 Å². The Morgan fingerprint density at radius 2 is 2.08 bits per heavy atom. The summed E-state index contributed by atoms with van der Waals surface area (Å²) in [5, 5.41) is 2.88. The largest absolute Gasteiger partial charge is 0.383 e. The maximum Gasteiger partial charge on any atom is 0.268 e. The minimum Gasteiger partial charge on any atom is -0.383 e. The zero-order valence-electron chi connectivity index (χ0n) is 14.8. The average molecular weight is 332 g/mol. The van der Waals surface area contributed by atoms with E-state index in [0.29, 0.717) is 25.4 Å². The van der Waals surface area contributed by atoms with Crippen molar-refractivity contribution in [2.75, 3.05) is 20.3 Å². The monoisotopic (exact) mass is 332 g/mol. The molecule has 5 heteroatoms. The van der Waals surface area contributed by atoms with Gasteiger partial charge in [-0.05, 0) is 49.1 Å². The minimum atomic E-state index is -0.268. The van der Waals surface area contributed by atoms with Gasteiger partial charge in [0, 0.05) is 25.9 Å². The van der Waals surface area contributed by atoms with Crippen molar-refractivity contribution in [2.45, 2.75) is 33.7 Å². The van der Waals surface area contributed by atoms with E-state index in [1.54, 1.807) is 13.2 Å². The van der Waals surface area contributed by atoms with Gasteiger partial charge in [0.25, 0.3) is 5.91 Å². The third-order valence-electron chi connectivity index (χ3n) is 4.31. The Morgan fingerprint density at radius 3 is 2.71 bits per heavy atom. The molecule has 0 bridgehead atoms. The molecule has 0 saturated heterocycles. The number of hydrogen-bond donors (Lipinski definition) is 1. The summed E-state index contributed by atoms with van der Waals surface area (Å²) in [5.41, 5.74) is 4.69. The summed E-state index contributed by atoms with van der Waals surface area (Å²) in [6.45, 7) is 7.46. The SMILES string of the molecule is CCc1c(C)c(C(=O)NCCOC)n(Cc2cccc(F)c2)c1C. The molecule has 0 fully saturated rings. The molecule has 4 nitrogen and oxygen atoms in total. The normalized spacial score (nSPS) is 10.9. The highest BCUT2D eigenvalue weighted by atomic mass is 19.1. The van der Waals surface area contributed by atoms with E-state index in [9.17, 15) is 9.18 Å². The van der Waals surface area contributed by atoms with Crippen LogP contribution in [0.25, 0.3) is 0 Å². The summed E-state index contributed by atoms with van der Waals surface area (Å²) >= 11 is 0. The highest BCUT2D eigenvalue weighted by Crippen LogP contribution is 2.24. The third-order valence-corrected chi connectivity index (χ3v) is 4.31. The van der Waals surface area contributed by atoms with Gasteiger partial charge in [0.2, 0.25) is 0 Å². The first-order valence-electron chi connectivity index (χ1n) is 8.19. The second kappa shape index (κ2) is 8.11. The van der Waals surface area contributed by atoms with Crippen LogP contribution < -0.4 is 5.32 Å². The summed E-state index contributed by atoms with van der Waals surface area (Å²) in [7, 11) is 1.60. The lowest BCUT2D eigenvalue weighted by Crippen LogP contribution is -2.29. The maximum absolute atomic E-state index is 13.5. The molecule has 0 unspecified atom stereocenters. The number of rotatable bonds is 7. The van der Waals surface area contributed by atoms with Crippen molar-refractivity contribution in [1.29, 1.82) is 0 Å². The van der Waals surface area contributed by atoms with Crippen molar-refractivity contribution in [1.82, 2.24) is 9.88 Å². The molecule has 1 heterocycles. The smallest absolute Gasteiger partial charge is 0.268 e. The summed E-state index contributed by atoms with van der Waals surface area (Å²) in [5.74, 6) is -0.389. The molecule has 1 aromatic heterocycles. The Labute approximate surface area is 142 Å². The van der Waals surface area contributed by atoms with E-state index in [4.69, 9.17) is 4.74 Å². The van der Waals surface area contributed by atoms with E-state index in [0.717, 1.165) is 23.2 Å². The van der Waals surface area contributed by atoms with Gasteiger partial charge in [-0.3, -0.25) is 4.79 Å². The van der Waals surface area contributed by atoms with Crippen LogP contribution in [0.1, 0.15) is 39.8 Å². The first kappa shape index (κ1) is 18.2. The zero-order chi connectivity index (χ0) is 17.7. The summed E-state index contributed by atoms with van der Waals surface area (Å²) < 4.78 is 20.4. The molecule has 0 saturated carbocycles. The lowest BCUT2D eigenvalue weighted by atomic mass is 10.1. The number of carbonyl (C=O) groups is 1. The van der Waals surface area contributed by atoms with Gasteiger partial charge in [0.15, 0.2) is 0 Å². The van der Waals surface area contributed by atoms with Crippen LogP contribution in [0.5, 0.6) is 0 Å². The predicted octanol–water partition coefficient (Wildman–Crippen LogP) is 3.23. The molecule has 1 aromatic carbocycles. The first-order chi connectivity index (χ1) is 11.5. The average Bonchev–Trinajstić information content (AvgIpc) is 2.78. The number of benzene rings is 1. The second-order valence-electron chi connectivity index (χ2n) is 5.86. The first-order valence-corrected chi connectivity index (χ1v) is 8.19. The Balaban J connectivity index is 2.39. The fourth-order valence-electron chi connectivity index (χ4n) is 3.13. The molecule has 0 aliphatic heterocycles. The van der Waals surface area contributed by atoms with Gasteiger partial charge in [0.1, 0.15) is 11.5 Å². The summed E-state index contributed by atoms with van der Waals surface area (Å²) in [6, 6.07) is 6.49. The van der Waals surface area contributed by atoms with Gasteiger partial charge in [-0.2, -0.15) is 0 Å². The lowest BCUT2D eigenvalue weighted by molar-refractivity contribution is 0.0927. The summed E-state index contributed by atoms with van der Waals surface area (Å²) in [6.07, 6.45) is 0.853. The number of nitrogens with zero attached hydrogens (tertiary/aromatic N) is 1. The van der Waals surface area contributed by atoms with Crippen molar-refractivity contribution in [3.05, 3.63) is 58.2 Å². The van der Waals surface area contributed by atoms with Crippen LogP contribution in [0.2, 0.25) is 0 Å². The van der Waals surface area contributed by atoms with Gasteiger partial charge in [-0.25, -0.2) is 4.39 Å². The molecule has 2 rings (SSSR count). The summed E-state index contributed by atoms with van der Waals surface area (Å²) in [4.78, 5) is 12.6. The van der Waals surface area contributed by atoms with Crippen molar-refractivity contribution >= 4 is 5.91 Å². The molecule has 1 N–H and O–H groups in total. The number of nitrogens with one attached hydrogen (secondary N) is 1. The van der Waals surface area contributed by atoms with Crippen LogP contribution in [0.15, 0.2) is 24.3 Å². The fraction of sp³-hybridized carbons (Fsp3) is 0.421. The van der Waals surface area contributed by atoms with Crippen LogP contribution in [0.3, 0.4) is 0 Å². The van der Waals surface area contributed by atoms with Crippen molar-refractivity contribution in [3.8, 4) is 0 Å².